The van der Waals surface area contributed by atoms with E-state index in [-0.39, 0.29) is 5.91 Å². The molecule has 1 saturated carbocycles. The molecule has 2 aromatic rings. The Labute approximate surface area is 142 Å². The van der Waals surface area contributed by atoms with Gasteiger partial charge in [0.2, 0.25) is 0 Å². The zero-order valence-corrected chi connectivity index (χ0v) is 14.4. The summed E-state index contributed by atoms with van der Waals surface area (Å²) in [6.07, 6.45) is 3.08. The summed E-state index contributed by atoms with van der Waals surface area (Å²) in [4.78, 5) is 27.3. The third kappa shape index (κ3) is 2.87. The van der Waals surface area contributed by atoms with Gasteiger partial charge in [0.15, 0.2) is 0 Å². The fourth-order valence-corrected chi connectivity index (χ4v) is 4.09. The maximum absolute atomic E-state index is 12.7. The highest BCUT2D eigenvalue weighted by Crippen LogP contribution is 2.35. The summed E-state index contributed by atoms with van der Waals surface area (Å²) in [5.41, 5.74) is 0.577. The third-order valence-electron chi connectivity index (χ3n) is 4.77. The number of carbonyl (C=O) groups excluding carboxylic acids is 1. The molecule has 0 bridgehead atoms. The lowest BCUT2D eigenvalue weighted by Gasteiger charge is -2.39. The molecule has 0 aliphatic heterocycles. The normalized spacial score (nSPS) is 24.5. The minimum atomic E-state index is -0.844. The summed E-state index contributed by atoms with van der Waals surface area (Å²) in [5, 5.41) is 13.4. The van der Waals surface area contributed by atoms with E-state index in [2.05, 4.69) is 26.2 Å². The first-order valence-electron chi connectivity index (χ1n) is 7.74. The van der Waals surface area contributed by atoms with Gasteiger partial charge in [-0.2, -0.15) is 0 Å². The maximum atomic E-state index is 12.7. The van der Waals surface area contributed by atoms with Gasteiger partial charge in [-0.1, -0.05) is 31.0 Å². The lowest BCUT2D eigenvalue weighted by atomic mass is 9.74. The molecule has 3 rings (SSSR count). The first-order valence-corrected chi connectivity index (χ1v) is 8.53. The Balaban J connectivity index is 1.90. The van der Waals surface area contributed by atoms with Crippen LogP contribution in [-0.4, -0.2) is 27.5 Å². The van der Waals surface area contributed by atoms with Crippen molar-refractivity contribution < 1.29 is 14.7 Å². The zero-order valence-electron chi connectivity index (χ0n) is 12.9. The summed E-state index contributed by atoms with van der Waals surface area (Å²) in [5.74, 6) is -1.67. The molecule has 2 atom stereocenters. The summed E-state index contributed by atoms with van der Waals surface area (Å²) < 4.78 is 0.705. The van der Waals surface area contributed by atoms with Gasteiger partial charge in [0.25, 0.3) is 5.91 Å². The Kier molecular flexibility index (Phi) is 4.19. The van der Waals surface area contributed by atoms with E-state index in [1.54, 1.807) is 0 Å². The van der Waals surface area contributed by atoms with Crippen LogP contribution in [0.2, 0.25) is 0 Å². The van der Waals surface area contributed by atoms with Crippen molar-refractivity contribution >= 4 is 38.7 Å². The summed E-state index contributed by atoms with van der Waals surface area (Å²) in [6, 6.07) is 7.63. The van der Waals surface area contributed by atoms with E-state index in [0.717, 1.165) is 23.7 Å². The van der Waals surface area contributed by atoms with Crippen molar-refractivity contribution in [2.24, 2.45) is 5.92 Å². The fraction of sp³-hybridized carbons (Fsp3) is 0.412. The van der Waals surface area contributed by atoms with Crippen LogP contribution in [0, 0.1) is 5.92 Å². The zero-order chi connectivity index (χ0) is 16.6. The number of hydrogen-bond acceptors (Lipinski definition) is 2. The van der Waals surface area contributed by atoms with Gasteiger partial charge in [-0.05, 0) is 41.8 Å². The molecule has 23 heavy (non-hydrogen) atoms. The van der Waals surface area contributed by atoms with Crippen LogP contribution in [0.25, 0.3) is 10.9 Å². The van der Waals surface area contributed by atoms with Gasteiger partial charge in [-0.25, -0.2) is 0 Å². The second-order valence-electron chi connectivity index (χ2n) is 6.37. The molecule has 1 aliphatic rings. The predicted octanol–water partition coefficient (Wildman–Crippen LogP) is 3.69. The number of hydrogen-bond donors (Lipinski definition) is 3. The van der Waals surface area contributed by atoms with Crippen LogP contribution in [0.3, 0.4) is 0 Å². The van der Waals surface area contributed by atoms with Crippen molar-refractivity contribution in [3.63, 3.8) is 0 Å². The highest BCUT2D eigenvalue weighted by Gasteiger charge is 2.42. The molecule has 1 amide bonds. The van der Waals surface area contributed by atoms with Crippen LogP contribution in [0.15, 0.2) is 28.7 Å². The van der Waals surface area contributed by atoms with Crippen molar-refractivity contribution in [2.75, 3.05) is 0 Å². The van der Waals surface area contributed by atoms with E-state index in [1.165, 1.54) is 0 Å². The lowest BCUT2D eigenvalue weighted by molar-refractivity contribution is -0.145. The first kappa shape index (κ1) is 16.1. The second kappa shape index (κ2) is 6.00. The SMILES string of the molecule is CC1(NC(=O)c2[nH]c3ccccc3c2Br)CCCCC1C(=O)O. The quantitative estimate of drug-likeness (QED) is 0.761. The van der Waals surface area contributed by atoms with Gasteiger partial charge in [0, 0.05) is 10.9 Å². The van der Waals surface area contributed by atoms with E-state index >= 15 is 0 Å². The van der Waals surface area contributed by atoms with Gasteiger partial charge in [0.1, 0.15) is 5.69 Å². The molecule has 1 heterocycles. The second-order valence-corrected chi connectivity index (χ2v) is 7.16. The average Bonchev–Trinajstić information content (AvgIpc) is 2.85. The van der Waals surface area contributed by atoms with Gasteiger partial charge in [-0.3, -0.25) is 9.59 Å². The maximum Gasteiger partial charge on any atom is 0.308 e. The van der Waals surface area contributed by atoms with E-state index < -0.39 is 17.4 Å². The Hall–Kier alpha value is -1.82. The van der Waals surface area contributed by atoms with Crippen LogP contribution >= 0.6 is 15.9 Å². The van der Waals surface area contributed by atoms with Gasteiger partial charge < -0.3 is 15.4 Å². The van der Waals surface area contributed by atoms with Crippen molar-refractivity contribution in [2.45, 2.75) is 38.1 Å². The molecule has 5 nitrogen and oxygen atoms in total. The largest absolute Gasteiger partial charge is 0.481 e. The molecule has 1 aromatic heterocycles. The summed E-state index contributed by atoms with van der Waals surface area (Å²) in [6.45, 7) is 1.83. The number of H-pyrrole nitrogens is 1. The number of amides is 1. The predicted molar refractivity (Wildman–Crippen MR) is 91.5 cm³/mol. The monoisotopic (exact) mass is 378 g/mol. The Bertz CT molecular complexity index is 770. The van der Waals surface area contributed by atoms with E-state index in [1.807, 2.05) is 31.2 Å². The number of rotatable bonds is 3. The number of benzene rings is 1. The van der Waals surface area contributed by atoms with Crippen molar-refractivity contribution in [1.29, 1.82) is 0 Å². The van der Waals surface area contributed by atoms with E-state index in [0.29, 0.717) is 23.0 Å². The molecule has 122 valence electrons. The van der Waals surface area contributed by atoms with E-state index in [4.69, 9.17) is 0 Å². The third-order valence-corrected chi connectivity index (χ3v) is 5.60. The van der Waals surface area contributed by atoms with Crippen LogP contribution in [0.4, 0.5) is 0 Å². The molecule has 0 spiro atoms. The minimum absolute atomic E-state index is 0.274. The van der Waals surface area contributed by atoms with Crippen molar-refractivity contribution in [3.05, 3.63) is 34.4 Å². The number of carboxylic acid groups (broad SMARTS) is 1. The summed E-state index contributed by atoms with van der Waals surface area (Å²) >= 11 is 3.47. The molecule has 1 aliphatic carbocycles. The van der Waals surface area contributed by atoms with Crippen molar-refractivity contribution in [3.8, 4) is 0 Å². The lowest BCUT2D eigenvalue weighted by Crippen LogP contribution is -2.55. The number of fused-ring (bicyclic) bond motifs is 1. The van der Waals surface area contributed by atoms with E-state index in [9.17, 15) is 14.7 Å². The average molecular weight is 379 g/mol. The highest BCUT2D eigenvalue weighted by molar-refractivity contribution is 9.10. The van der Waals surface area contributed by atoms with Gasteiger partial charge >= 0.3 is 5.97 Å². The minimum Gasteiger partial charge on any atom is -0.481 e. The highest BCUT2D eigenvalue weighted by atomic mass is 79.9. The van der Waals surface area contributed by atoms with Crippen LogP contribution < -0.4 is 5.32 Å². The number of aromatic nitrogens is 1. The molecule has 0 radical (unpaired) electrons. The smallest absolute Gasteiger partial charge is 0.308 e. The topological polar surface area (TPSA) is 82.2 Å². The molecule has 1 fully saturated rings. The van der Waals surface area contributed by atoms with Crippen LogP contribution in [0.5, 0.6) is 0 Å². The molecule has 0 saturated heterocycles. The fourth-order valence-electron chi connectivity index (χ4n) is 3.47. The Morgan fingerprint density at radius 2 is 2.09 bits per heavy atom. The van der Waals surface area contributed by atoms with Crippen LogP contribution in [-0.2, 0) is 4.79 Å². The first-order chi connectivity index (χ1) is 10.9. The number of carboxylic acids is 1. The molecule has 2 unspecified atom stereocenters. The van der Waals surface area contributed by atoms with Gasteiger partial charge in [0.05, 0.1) is 15.9 Å². The number of para-hydroxylation sites is 1. The summed E-state index contributed by atoms with van der Waals surface area (Å²) in [7, 11) is 0. The number of carbonyl (C=O) groups is 2. The molecular weight excluding hydrogens is 360 g/mol. The molecule has 6 heteroatoms. The Morgan fingerprint density at radius 1 is 1.35 bits per heavy atom. The Morgan fingerprint density at radius 3 is 2.78 bits per heavy atom. The van der Waals surface area contributed by atoms with Gasteiger partial charge in [-0.15, -0.1) is 0 Å². The number of aromatic amines is 1. The van der Waals surface area contributed by atoms with Crippen LogP contribution in [0.1, 0.15) is 43.1 Å². The standard InChI is InChI=1S/C17H19BrN2O3/c1-17(9-5-4-7-11(17)16(22)23)20-15(21)14-13(18)10-6-2-3-8-12(10)19-14/h2-3,6,8,11,19H,4-5,7,9H2,1H3,(H,20,21)(H,22,23). The number of halogens is 1. The number of aliphatic carboxylic acids is 1. The molecule has 3 N–H and O–H groups in total. The van der Waals surface area contributed by atoms with Crippen molar-refractivity contribution in [1.82, 2.24) is 10.3 Å². The molecule has 1 aromatic carbocycles. The number of nitrogens with one attached hydrogen (secondary N) is 2. The molecular formula is C17H19BrN2O3.